The fourth-order valence-electron chi connectivity index (χ4n) is 2.08. The molecule has 1 saturated carbocycles. The van der Waals surface area contributed by atoms with Crippen LogP contribution in [0.4, 0.5) is 0 Å². The molecular weight excluding hydrogens is 302 g/mol. The van der Waals surface area contributed by atoms with Gasteiger partial charge < -0.3 is 11.2 Å². The highest BCUT2D eigenvalue weighted by atomic mass is 32.2. The average Bonchev–Trinajstić information content (AvgIpc) is 3.12. The number of rotatable bonds is 5. The molecule has 2 aromatic rings. The number of nitrogens with zero attached hydrogens (tertiary/aromatic N) is 5. The molecule has 1 fully saturated rings. The lowest BCUT2D eigenvalue weighted by Crippen LogP contribution is -2.32. The molecular formula is C13H19N7OS. The highest BCUT2D eigenvalue weighted by Gasteiger charge is 2.27. The van der Waals surface area contributed by atoms with E-state index in [9.17, 15) is 4.79 Å². The number of aromatic nitrogens is 5. The molecule has 118 valence electrons. The van der Waals surface area contributed by atoms with Gasteiger partial charge in [0.15, 0.2) is 0 Å². The van der Waals surface area contributed by atoms with Gasteiger partial charge in [-0.15, -0.1) is 10.2 Å². The SMILES string of the molecule is Cc1cc(C)n(-c2nnc(SC(C)C(=O)NC3CC3)n2N)n1. The molecule has 1 amide bonds. The van der Waals surface area contributed by atoms with Crippen molar-refractivity contribution in [3.63, 3.8) is 0 Å². The van der Waals surface area contributed by atoms with Crippen molar-refractivity contribution in [2.75, 3.05) is 5.84 Å². The number of carbonyl (C=O) groups excluding carboxylic acids is 1. The second kappa shape index (κ2) is 5.64. The lowest BCUT2D eigenvalue weighted by molar-refractivity contribution is -0.120. The van der Waals surface area contributed by atoms with Crippen LogP contribution in [0.25, 0.3) is 5.95 Å². The van der Waals surface area contributed by atoms with Crippen molar-refractivity contribution in [1.82, 2.24) is 30.0 Å². The molecule has 0 aliphatic heterocycles. The molecule has 8 nitrogen and oxygen atoms in total. The Bertz CT molecular complexity index is 703. The van der Waals surface area contributed by atoms with Gasteiger partial charge in [0.1, 0.15) is 0 Å². The summed E-state index contributed by atoms with van der Waals surface area (Å²) in [7, 11) is 0. The van der Waals surface area contributed by atoms with Crippen LogP contribution < -0.4 is 11.2 Å². The van der Waals surface area contributed by atoms with E-state index in [0.29, 0.717) is 17.1 Å². The van der Waals surface area contributed by atoms with Crippen LogP contribution in [-0.2, 0) is 4.79 Å². The first-order valence-corrected chi connectivity index (χ1v) is 8.05. The molecule has 0 radical (unpaired) electrons. The van der Waals surface area contributed by atoms with Crippen molar-refractivity contribution >= 4 is 17.7 Å². The normalized spacial score (nSPS) is 15.8. The van der Waals surface area contributed by atoms with E-state index in [1.807, 2.05) is 26.8 Å². The van der Waals surface area contributed by atoms with Crippen LogP contribution in [0.2, 0.25) is 0 Å². The zero-order valence-electron chi connectivity index (χ0n) is 12.8. The summed E-state index contributed by atoms with van der Waals surface area (Å²) in [5, 5.41) is 15.7. The predicted molar refractivity (Wildman–Crippen MR) is 83.3 cm³/mol. The van der Waals surface area contributed by atoms with E-state index in [4.69, 9.17) is 5.84 Å². The first-order chi connectivity index (χ1) is 10.5. The lowest BCUT2D eigenvalue weighted by atomic mass is 10.4. The largest absolute Gasteiger partial charge is 0.352 e. The van der Waals surface area contributed by atoms with Gasteiger partial charge in [-0.3, -0.25) is 4.79 Å². The molecule has 3 N–H and O–H groups in total. The molecule has 9 heteroatoms. The second-order valence-electron chi connectivity index (χ2n) is 5.53. The highest BCUT2D eigenvalue weighted by Crippen LogP contribution is 2.24. The number of hydrogen-bond donors (Lipinski definition) is 2. The van der Waals surface area contributed by atoms with Crippen molar-refractivity contribution in [3.8, 4) is 5.95 Å². The summed E-state index contributed by atoms with van der Waals surface area (Å²) in [6, 6.07) is 2.28. The Morgan fingerprint density at radius 1 is 1.45 bits per heavy atom. The number of thioether (sulfide) groups is 1. The quantitative estimate of drug-likeness (QED) is 0.616. The monoisotopic (exact) mass is 321 g/mol. The number of nitrogens with one attached hydrogen (secondary N) is 1. The van der Waals surface area contributed by atoms with Gasteiger partial charge in [-0.2, -0.15) is 5.10 Å². The third-order valence-electron chi connectivity index (χ3n) is 3.42. The summed E-state index contributed by atoms with van der Waals surface area (Å²) in [4.78, 5) is 12.0. The summed E-state index contributed by atoms with van der Waals surface area (Å²) in [6.07, 6.45) is 2.14. The van der Waals surface area contributed by atoms with Crippen LogP contribution in [0, 0.1) is 13.8 Å². The molecule has 1 atom stereocenters. The molecule has 3 rings (SSSR count). The van der Waals surface area contributed by atoms with E-state index in [1.54, 1.807) is 4.68 Å². The Morgan fingerprint density at radius 2 is 2.18 bits per heavy atom. The zero-order valence-corrected chi connectivity index (χ0v) is 13.6. The molecule has 0 spiro atoms. The molecule has 0 bridgehead atoms. The van der Waals surface area contributed by atoms with Gasteiger partial charge in [-0.25, -0.2) is 9.36 Å². The standard InChI is InChI=1S/C13H19N7OS/c1-7-6-8(2)20(18-7)12-16-17-13(19(12)14)22-9(3)11(21)15-10-4-5-10/h6,9-10H,4-5,14H2,1-3H3,(H,15,21). The van der Waals surface area contributed by atoms with Crippen LogP contribution >= 0.6 is 11.8 Å². The highest BCUT2D eigenvalue weighted by molar-refractivity contribution is 8.00. The van der Waals surface area contributed by atoms with Gasteiger partial charge in [0.25, 0.3) is 5.95 Å². The Morgan fingerprint density at radius 3 is 2.77 bits per heavy atom. The third-order valence-corrected chi connectivity index (χ3v) is 4.48. The first-order valence-electron chi connectivity index (χ1n) is 7.17. The Balaban J connectivity index is 1.75. The number of hydrogen-bond acceptors (Lipinski definition) is 6. The predicted octanol–water partition coefficient (Wildman–Crippen LogP) is 0.554. The van der Waals surface area contributed by atoms with Crippen molar-refractivity contribution < 1.29 is 4.79 Å². The van der Waals surface area contributed by atoms with Gasteiger partial charge in [-0.05, 0) is 39.7 Å². The van der Waals surface area contributed by atoms with Crippen LogP contribution in [0.15, 0.2) is 11.2 Å². The van der Waals surface area contributed by atoms with Crippen LogP contribution in [0.3, 0.4) is 0 Å². The van der Waals surface area contributed by atoms with Crippen molar-refractivity contribution in [1.29, 1.82) is 0 Å². The molecule has 2 aromatic heterocycles. The van der Waals surface area contributed by atoms with Crippen molar-refractivity contribution in [2.45, 2.75) is 50.1 Å². The van der Waals surface area contributed by atoms with Gasteiger partial charge >= 0.3 is 0 Å². The molecule has 22 heavy (non-hydrogen) atoms. The average molecular weight is 321 g/mol. The van der Waals surface area contributed by atoms with E-state index in [2.05, 4.69) is 20.6 Å². The maximum atomic E-state index is 12.0. The number of amides is 1. The lowest BCUT2D eigenvalue weighted by Gasteiger charge is -2.10. The summed E-state index contributed by atoms with van der Waals surface area (Å²) in [5.74, 6) is 6.49. The second-order valence-corrected chi connectivity index (χ2v) is 6.84. The molecule has 2 heterocycles. The number of carbonyl (C=O) groups is 1. The molecule has 1 aliphatic rings. The van der Waals surface area contributed by atoms with E-state index in [0.717, 1.165) is 24.2 Å². The van der Waals surface area contributed by atoms with Crippen molar-refractivity contribution in [3.05, 3.63) is 17.5 Å². The zero-order chi connectivity index (χ0) is 15.9. The van der Waals surface area contributed by atoms with Crippen LogP contribution in [0.1, 0.15) is 31.2 Å². The molecule has 0 saturated heterocycles. The molecule has 0 aromatic carbocycles. The van der Waals surface area contributed by atoms with Gasteiger partial charge in [0.05, 0.1) is 10.9 Å². The summed E-state index contributed by atoms with van der Waals surface area (Å²) in [5.41, 5.74) is 1.81. The summed E-state index contributed by atoms with van der Waals surface area (Å²) >= 11 is 1.29. The minimum absolute atomic E-state index is 0.00293. The topological polar surface area (TPSA) is 104 Å². The van der Waals surface area contributed by atoms with Gasteiger partial charge in [0.2, 0.25) is 11.1 Å². The number of nitrogen functional groups attached to an aromatic ring is 1. The summed E-state index contributed by atoms with van der Waals surface area (Å²) in [6.45, 7) is 5.66. The fraction of sp³-hybridized carbons (Fsp3) is 0.538. The Kier molecular flexibility index (Phi) is 3.81. The molecule has 1 unspecified atom stereocenters. The fourth-order valence-corrected chi connectivity index (χ4v) is 2.86. The minimum atomic E-state index is -0.277. The van der Waals surface area contributed by atoms with Crippen LogP contribution in [0.5, 0.6) is 0 Å². The minimum Gasteiger partial charge on any atom is -0.352 e. The van der Waals surface area contributed by atoms with Gasteiger partial charge in [0, 0.05) is 11.7 Å². The maximum Gasteiger partial charge on any atom is 0.271 e. The summed E-state index contributed by atoms with van der Waals surface area (Å²) < 4.78 is 3.01. The number of nitrogens with two attached hydrogens (primary N) is 1. The first kappa shape index (κ1) is 14.9. The van der Waals surface area contributed by atoms with Crippen molar-refractivity contribution in [2.24, 2.45) is 0 Å². The smallest absolute Gasteiger partial charge is 0.271 e. The van der Waals surface area contributed by atoms with E-state index in [-0.39, 0.29) is 11.2 Å². The third kappa shape index (κ3) is 2.94. The van der Waals surface area contributed by atoms with Gasteiger partial charge in [-0.1, -0.05) is 11.8 Å². The van der Waals surface area contributed by atoms with E-state index >= 15 is 0 Å². The van der Waals surface area contributed by atoms with E-state index < -0.39 is 0 Å². The van der Waals surface area contributed by atoms with E-state index in [1.165, 1.54) is 16.4 Å². The maximum absolute atomic E-state index is 12.0. The number of aryl methyl sites for hydroxylation is 2. The Hall–Kier alpha value is -2.03. The molecule has 1 aliphatic carbocycles. The van der Waals surface area contributed by atoms with Crippen LogP contribution in [-0.4, -0.2) is 41.9 Å². The Labute approximate surface area is 132 Å².